The minimum atomic E-state index is -4.58. The van der Waals surface area contributed by atoms with E-state index in [-0.39, 0.29) is 37.8 Å². The lowest BCUT2D eigenvalue weighted by Crippen LogP contribution is -2.43. The molecule has 5 N–H and O–H groups in total. The number of halogens is 4. The van der Waals surface area contributed by atoms with E-state index in [0.29, 0.717) is 23.1 Å². The van der Waals surface area contributed by atoms with Gasteiger partial charge >= 0.3 is 6.18 Å². The van der Waals surface area contributed by atoms with Crippen LogP contribution in [0.1, 0.15) is 53.3 Å². The van der Waals surface area contributed by atoms with Crippen LogP contribution in [0.25, 0.3) is 0 Å². The van der Waals surface area contributed by atoms with Crippen molar-refractivity contribution in [1.29, 1.82) is 0 Å². The van der Waals surface area contributed by atoms with Crippen molar-refractivity contribution in [3.63, 3.8) is 0 Å². The van der Waals surface area contributed by atoms with Gasteiger partial charge in [0, 0.05) is 24.2 Å². The molecular formula is C29H32ClF3N2O4. The van der Waals surface area contributed by atoms with E-state index in [1.165, 1.54) is 18.2 Å². The van der Waals surface area contributed by atoms with Gasteiger partial charge in [0.05, 0.1) is 29.7 Å². The van der Waals surface area contributed by atoms with Crippen LogP contribution in [0.3, 0.4) is 0 Å². The number of hydrogen-bond donors (Lipinski definition) is 5. The summed E-state index contributed by atoms with van der Waals surface area (Å²) in [4.78, 5) is 12.5. The lowest BCUT2D eigenvalue weighted by Gasteiger charge is -2.28. The minimum Gasteiger partial charge on any atom is -0.508 e. The maximum Gasteiger partial charge on any atom is 0.417 e. The van der Waals surface area contributed by atoms with Gasteiger partial charge in [-0.1, -0.05) is 48.0 Å². The summed E-state index contributed by atoms with van der Waals surface area (Å²) < 4.78 is 39.2. The van der Waals surface area contributed by atoms with Gasteiger partial charge in [-0.25, -0.2) is 0 Å². The van der Waals surface area contributed by atoms with Crippen LogP contribution in [0, 0.1) is 0 Å². The van der Waals surface area contributed by atoms with Crippen LogP contribution >= 0.6 is 11.6 Å². The van der Waals surface area contributed by atoms with Gasteiger partial charge in [0.2, 0.25) is 5.91 Å². The van der Waals surface area contributed by atoms with Crippen LogP contribution in [0.5, 0.6) is 5.75 Å². The van der Waals surface area contributed by atoms with Crippen molar-refractivity contribution in [2.45, 2.75) is 57.7 Å². The highest BCUT2D eigenvalue weighted by Crippen LogP contribution is 2.35. The van der Waals surface area contributed by atoms with Crippen molar-refractivity contribution < 1.29 is 33.3 Å². The van der Waals surface area contributed by atoms with Crippen molar-refractivity contribution in [2.24, 2.45) is 0 Å². The van der Waals surface area contributed by atoms with Crippen molar-refractivity contribution in [3.05, 3.63) is 99.1 Å². The number of carbonyl (C=O) groups excluding carboxylic acids is 1. The van der Waals surface area contributed by atoms with E-state index in [0.717, 1.165) is 17.2 Å². The molecule has 3 aromatic carbocycles. The molecule has 10 heteroatoms. The average molecular weight is 565 g/mol. The first-order valence-corrected chi connectivity index (χ1v) is 12.7. The van der Waals surface area contributed by atoms with Gasteiger partial charge < -0.3 is 26.0 Å². The number of amides is 1. The number of benzene rings is 3. The van der Waals surface area contributed by atoms with E-state index in [1.54, 1.807) is 18.2 Å². The van der Waals surface area contributed by atoms with Crippen LogP contribution in [0.15, 0.2) is 60.7 Å². The summed E-state index contributed by atoms with van der Waals surface area (Å²) in [5.41, 5.74) is 1.57. The van der Waals surface area contributed by atoms with E-state index in [1.807, 2.05) is 32.0 Å². The van der Waals surface area contributed by atoms with Crippen LogP contribution in [0.4, 0.5) is 13.2 Å². The highest BCUT2D eigenvalue weighted by Gasteiger charge is 2.33. The van der Waals surface area contributed by atoms with Crippen molar-refractivity contribution in [1.82, 2.24) is 10.6 Å². The monoisotopic (exact) mass is 564 g/mol. The Kier molecular flexibility index (Phi) is 10.0. The Labute approximate surface area is 230 Å². The zero-order valence-electron chi connectivity index (χ0n) is 21.6. The first-order chi connectivity index (χ1) is 18.3. The fourth-order valence-electron chi connectivity index (χ4n) is 4.20. The number of aliphatic hydroxyl groups excluding tert-OH is 2. The molecule has 39 heavy (non-hydrogen) atoms. The molecule has 0 aliphatic rings. The predicted molar refractivity (Wildman–Crippen MR) is 143 cm³/mol. The van der Waals surface area contributed by atoms with E-state index >= 15 is 0 Å². The molecule has 0 unspecified atom stereocenters. The summed E-state index contributed by atoms with van der Waals surface area (Å²) >= 11 is 5.65. The zero-order valence-corrected chi connectivity index (χ0v) is 22.4. The summed E-state index contributed by atoms with van der Waals surface area (Å²) in [6.45, 7) is 3.82. The first-order valence-electron chi connectivity index (χ1n) is 12.3. The van der Waals surface area contributed by atoms with E-state index in [2.05, 4.69) is 10.6 Å². The molecule has 0 fully saturated rings. The first kappa shape index (κ1) is 30.4. The van der Waals surface area contributed by atoms with Gasteiger partial charge in [-0.15, -0.1) is 0 Å². The Bertz CT molecular complexity index is 1300. The molecule has 1 amide bonds. The third-order valence-electron chi connectivity index (χ3n) is 6.26. The summed E-state index contributed by atoms with van der Waals surface area (Å²) in [5, 5.41) is 35.2. The van der Waals surface area contributed by atoms with Gasteiger partial charge in [-0.2, -0.15) is 13.2 Å². The molecule has 1 atom stereocenters. The highest BCUT2D eigenvalue weighted by atomic mass is 35.5. The van der Waals surface area contributed by atoms with E-state index < -0.39 is 28.4 Å². The molecule has 0 spiro atoms. The highest BCUT2D eigenvalue weighted by molar-refractivity contribution is 6.31. The SMILES string of the molecule is CC(C)(Cc1cccc(CC(=O)NCc2ccc(Cl)c(C(F)(F)F)c2)c1)NC[C@H](O)c1ccc(O)c(CO)c1. The fourth-order valence-corrected chi connectivity index (χ4v) is 4.43. The Balaban J connectivity index is 1.55. The number of alkyl halides is 3. The van der Waals surface area contributed by atoms with Crippen molar-refractivity contribution in [2.75, 3.05) is 6.54 Å². The number of rotatable bonds is 11. The third-order valence-corrected chi connectivity index (χ3v) is 6.59. The molecule has 0 saturated heterocycles. The molecule has 3 aromatic rings. The molecule has 0 bridgehead atoms. The maximum absolute atomic E-state index is 13.1. The number of hydrogen-bond acceptors (Lipinski definition) is 5. The number of nitrogens with one attached hydrogen (secondary N) is 2. The minimum absolute atomic E-state index is 0.0316. The Morgan fingerprint density at radius 1 is 1.00 bits per heavy atom. The largest absolute Gasteiger partial charge is 0.508 e. The molecule has 0 saturated carbocycles. The lowest BCUT2D eigenvalue weighted by atomic mass is 9.93. The van der Waals surface area contributed by atoms with Gasteiger partial charge in [-0.3, -0.25) is 4.79 Å². The molecule has 0 aliphatic carbocycles. The van der Waals surface area contributed by atoms with Crippen LogP contribution in [0.2, 0.25) is 5.02 Å². The standard InChI is InChI=1S/C29H32ClF3N2O4/c1-28(2,35-16-26(38)21-7-9-25(37)22(13-21)17-36)14-19-5-3-4-18(10-19)12-27(39)34-15-20-6-8-24(30)23(11-20)29(31,32)33/h3-11,13,26,35-38H,12,14-17H2,1-2H3,(H,34,39)/t26-/m0/s1. The van der Waals surface area contributed by atoms with E-state index in [4.69, 9.17) is 11.6 Å². The van der Waals surface area contributed by atoms with Crippen molar-refractivity contribution in [3.8, 4) is 5.75 Å². The molecule has 210 valence electrons. The van der Waals surface area contributed by atoms with Gasteiger partial charge in [0.15, 0.2) is 0 Å². The molecule has 0 aliphatic heterocycles. The molecule has 3 rings (SSSR count). The quantitative estimate of drug-likeness (QED) is 0.224. The number of aromatic hydroxyl groups is 1. The average Bonchev–Trinajstić information content (AvgIpc) is 2.86. The maximum atomic E-state index is 13.1. The Morgan fingerprint density at radius 2 is 1.72 bits per heavy atom. The summed E-state index contributed by atoms with van der Waals surface area (Å²) in [6.07, 6.45) is -4.77. The van der Waals surface area contributed by atoms with Crippen molar-refractivity contribution >= 4 is 17.5 Å². The van der Waals surface area contributed by atoms with Crippen LogP contribution in [-0.4, -0.2) is 33.3 Å². The number of carbonyl (C=O) groups is 1. The summed E-state index contributed by atoms with van der Waals surface area (Å²) in [5.74, 6) is -0.358. The van der Waals surface area contributed by atoms with Crippen LogP contribution in [-0.2, 0) is 37.0 Å². The molecular weight excluding hydrogens is 533 g/mol. The second kappa shape index (κ2) is 12.8. The molecule has 0 heterocycles. The topological polar surface area (TPSA) is 102 Å². The fraction of sp³-hybridized carbons (Fsp3) is 0.345. The van der Waals surface area contributed by atoms with E-state index in [9.17, 15) is 33.3 Å². The lowest BCUT2D eigenvalue weighted by molar-refractivity contribution is -0.137. The summed E-state index contributed by atoms with van der Waals surface area (Å²) in [6, 6.07) is 15.6. The predicted octanol–water partition coefficient (Wildman–Crippen LogP) is 5.06. The number of aliphatic hydroxyl groups is 2. The van der Waals surface area contributed by atoms with Gasteiger partial charge in [0.1, 0.15) is 5.75 Å². The Morgan fingerprint density at radius 3 is 2.41 bits per heavy atom. The second-order valence-corrected chi connectivity index (χ2v) is 10.5. The third kappa shape index (κ3) is 8.96. The second-order valence-electron chi connectivity index (χ2n) is 10.1. The molecule has 0 aromatic heterocycles. The van der Waals surface area contributed by atoms with Crippen LogP contribution < -0.4 is 10.6 Å². The smallest absolute Gasteiger partial charge is 0.417 e. The normalized spacial score (nSPS) is 12.8. The van der Waals surface area contributed by atoms with Gasteiger partial charge in [-0.05, 0) is 66.8 Å². The summed E-state index contributed by atoms with van der Waals surface area (Å²) in [7, 11) is 0. The number of phenols is 1. The zero-order chi connectivity index (χ0) is 28.8. The van der Waals surface area contributed by atoms with Gasteiger partial charge in [0.25, 0.3) is 0 Å². The molecule has 6 nitrogen and oxygen atoms in total. The Hall–Kier alpha value is -3.11. The molecule has 0 radical (unpaired) electrons. The number of β-amino-alcohol motifs (C(OH)–C–C–N with tert-alkyl or cyclic N) is 1.